The van der Waals surface area contributed by atoms with Gasteiger partial charge in [-0.15, -0.1) is 11.3 Å². The molecule has 0 bridgehead atoms. The van der Waals surface area contributed by atoms with Crippen molar-refractivity contribution in [3.8, 4) is 22.8 Å². The summed E-state index contributed by atoms with van der Waals surface area (Å²) in [7, 11) is 0. The molecule has 1 aliphatic heterocycles. The van der Waals surface area contributed by atoms with Crippen LogP contribution in [0.2, 0.25) is 5.02 Å². The average molecular weight is 360 g/mol. The van der Waals surface area contributed by atoms with Crippen LogP contribution in [0.25, 0.3) is 11.3 Å². The molecule has 3 aromatic rings. The van der Waals surface area contributed by atoms with Gasteiger partial charge in [0.25, 0.3) is 0 Å². The second kappa shape index (κ2) is 6.68. The first kappa shape index (κ1) is 15.3. The number of benzene rings is 2. The van der Waals surface area contributed by atoms with E-state index in [-0.39, 0.29) is 6.79 Å². The molecule has 122 valence electrons. The number of fused-ring (bicyclic) bond motifs is 1. The first-order chi connectivity index (χ1) is 11.8. The largest absolute Gasteiger partial charge is 0.454 e. The van der Waals surface area contributed by atoms with Crippen LogP contribution in [0.5, 0.6) is 11.5 Å². The first-order valence-corrected chi connectivity index (χ1v) is 8.62. The minimum absolute atomic E-state index is 0.289. The highest BCUT2D eigenvalue weighted by atomic mass is 35.5. The molecular weight excluding hydrogens is 346 g/mol. The van der Waals surface area contributed by atoms with Gasteiger partial charge >= 0.3 is 0 Å². The van der Waals surface area contributed by atoms with Crippen LogP contribution < -0.4 is 20.3 Å². The van der Waals surface area contributed by atoms with E-state index in [9.17, 15) is 0 Å². The summed E-state index contributed by atoms with van der Waals surface area (Å²) in [6.45, 7) is 0.934. The van der Waals surface area contributed by atoms with Gasteiger partial charge in [-0.1, -0.05) is 29.8 Å². The van der Waals surface area contributed by atoms with Crippen LogP contribution in [-0.4, -0.2) is 11.8 Å². The molecule has 0 saturated heterocycles. The standard InChI is InChI=1S/C17H14ClN3O2S/c18-13-4-2-12(3-5-13)14-9-24-17(20-14)21-19-8-11-1-6-15-16(7-11)23-10-22-15/h1-7,9,19H,8,10H2,(H,20,21). The number of hydrogen-bond acceptors (Lipinski definition) is 6. The van der Waals surface area contributed by atoms with Crippen LogP contribution in [0.4, 0.5) is 5.13 Å². The lowest BCUT2D eigenvalue weighted by Gasteiger charge is -2.06. The van der Waals surface area contributed by atoms with Crippen molar-refractivity contribution < 1.29 is 9.47 Å². The maximum Gasteiger partial charge on any atom is 0.231 e. The van der Waals surface area contributed by atoms with Crippen molar-refractivity contribution in [2.45, 2.75) is 6.54 Å². The molecule has 0 radical (unpaired) electrons. The van der Waals surface area contributed by atoms with Crippen molar-refractivity contribution in [2.24, 2.45) is 0 Å². The number of thiazole rings is 1. The number of anilines is 1. The highest BCUT2D eigenvalue weighted by Gasteiger charge is 2.13. The highest BCUT2D eigenvalue weighted by Crippen LogP contribution is 2.32. The molecule has 4 rings (SSSR count). The Hall–Kier alpha value is -2.28. The molecule has 24 heavy (non-hydrogen) atoms. The quantitative estimate of drug-likeness (QED) is 0.665. The Morgan fingerprint density at radius 3 is 2.79 bits per heavy atom. The molecule has 1 aliphatic rings. The van der Waals surface area contributed by atoms with E-state index in [1.807, 2.05) is 47.8 Å². The smallest absolute Gasteiger partial charge is 0.231 e. The van der Waals surface area contributed by atoms with Crippen LogP contribution in [0.1, 0.15) is 5.56 Å². The van der Waals surface area contributed by atoms with E-state index in [1.54, 1.807) is 11.3 Å². The Bertz CT molecular complexity index is 851. The van der Waals surface area contributed by atoms with E-state index in [2.05, 4.69) is 15.8 Å². The van der Waals surface area contributed by atoms with Crippen molar-refractivity contribution in [1.82, 2.24) is 10.4 Å². The summed E-state index contributed by atoms with van der Waals surface area (Å²) in [5, 5.41) is 3.53. The molecule has 7 heteroatoms. The Labute approximate surface area is 148 Å². The van der Waals surface area contributed by atoms with Crippen molar-refractivity contribution in [3.63, 3.8) is 0 Å². The van der Waals surface area contributed by atoms with E-state index in [0.29, 0.717) is 6.54 Å². The van der Waals surface area contributed by atoms with Gasteiger partial charge in [0.05, 0.1) is 5.69 Å². The molecule has 0 atom stereocenters. The molecule has 5 nitrogen and oxygen atoms in total. The highest BCUT2D eigenvalue weighted by molar-refractivity contribution is 7.14. The van der Waals surface area contributed by atoms with E-state index >= 15 is 0 Å². The number of rotatable bonds is 5. The van der Waals surface area contributed by atoms with Crippen LogP contribution in [0.3, 0.4) is 0 Å². The van der Waals surface area contributed by atoms with Gasteiger partial charge in [0, 0.05) is 22.5 Å². The fourth-order valence-electron chi connectivity index (χ4n) is 2.36. The van der Waals surface area contributed by atoms with Crippen molar-refractivity contribution in [3.05, 3.63) is 58.4 Å². The summed E-state index contributed by atoms with van der Waals surface area (Å²) in [4.78, 5) is 4.56. The lowest BCUT2D eigenvalue weighted by atomic mass is 10.2. The van der Waals surface area contributed by atoms with E-state index < -0.39 is 0 Å². The number of hydrazine groups is 1. The van der Waals surface area contributed by atoms with Crippen LogP contribution in [-0.2, 0) is 6.54 Å². The SMILES string of the molecule is Clc1ccc(-c2csc(NNCc3ccc4c(c3)OCO4)n2)cc1. The normalized spacial score (nSPS) is 12.4. The Balaban J connectivity index is 1.36. The van der Waals surface area contributed by atoms with Gasteiger partial charge in [0.1, 0.15) is 0 Å². The molecule has 0 fully saturated rings. The number of nitrogens with zero attached hydrogens (tertiary/aromatic N) is 1. The molecule has 0 unspecified atom stereocenters. The summed E-state index contributed by atoms with van der Waals surface area (Å²) in [6, 6.07) is 13.5. The van der Waals surface area contributed by atoms with Gasteiger partial charge in [0.2, 0.25) is 6.79 Å². The number of nitrogens with one attached hydrogen (secondary N) is 2. The molecular formula is C17H14ClN3O2S. The van der Waals surface area contributed by atoms with Crippen molar-refractivity contribution >= 4 is 28.1 Å². The molecule has 2 aromatic carbocycles. The van der Waals surface area contributed by atoms with Gasteiger partial charge in [-0.3, -0.25) is 5.43 Å². The minimum atomic E-state index is 0.289. The van der Waals surface area contributed by atoms with Crippen LogP contribution >= 0.6 is 22.9 Å². The Morgan fingerprint density at radius 1 is 1.08 bits per heavy atom. The summed E-state index contributed by atoms with van der Waals surface area (Å²) in [5.74, 6) is 1.58. The average Bonchev–Trinajstić information content (AvgIpc) is 3.24. The zero-order valence-electron chi connectivity index (χ0n) is 12.6. The summed E-state index contributed by atoms with van der Waals surface area (Å²) < 4.78 is 10.7. The maximum absolute atomic E-state index is 5.91. The van der Waals surface area contributed by atoms with Gasteiger partial charge in [0.15, 0.2) is 16.6 Å². The summed E-state index contributed by atoms with van der Waals surface area (Å²) in [5.41, 5.74) is 9.35. The fraction of sp³-hybridized carbons (Fsp3) is 0.118. The second-order valence-corrected chi connectivity index (χ2v) is 6.51. The predicted molar refractivity (Wildman–Crippen MR) is 95.6 cm³/mol. The molecule has 2 N–H and O–H groups in total. The lowest BCUT2D eigenvalue weighted by molar-refractivity contribution is 0.174. The predicted octanol–water partition coefficient (Wildman–Crippen LogP) is 4.31. The zero-order valence-corrected chi connectivity index (χ0v) is 14.2. The number of ether oxygens (including phenoxy) is 2. The van der Waals surface area contributed by atoms with Crippen molar-refractivity contribution in [2.75, 3.05) is 12.2 Å². The summed E-state index contributed by atoms with van der Waals surface area (Å²) in [6.07, 6.45) is 0. The maximum atomic E-state index is 5.91. The molecule has 0 aliphatic carbocycles. The van der Waals surface area contributed by atoms with E-state index in [4.69, 9.17) is 21.1 Å². The van der Waals surface area contributed by atoms with Crippen LogP contribution in [0, 0.1) is 0 Å². The van der Waals surface area contributed by atoms with Gasteiger partial charge in [-0.25, -0.2) is 10.4 Å². The molecule has 0 amide bonds. The zero-order chi connectivity index (χ0) is 16.4. The number of halogens is 1. The molecule has 2 heterocycles. The topological polar surface area (TPSA) is 55.4 Å². The van der Waals surface area contributed by atoms with Crippen LogP contribution in [0.15, 0.2) is 47.8 Å². The Kier molecular flexibility index (Phi) is 4.25. The van der Waals surface area contributed by atoms with Gasteiger partial charge < -0.3 is 9.47 Å². The van der Waals surface area contributed by atoms with E-state index in [1.165, 1.54) is 0 Å². The van der Waals surface area contributed by atoms with E-state index in [0.717, 1.165) is 38.5 Å². The fourth-order valence-corrected chi connectivity index (χ4v) is 3.18. The Morgan fingerprint density at radius 2 is 1.92 bits per heavy atom. The number of hydrogen-bond donors (Lipinski definition) is 2. The third-order valence-corrected chi connectivity index (χ3v) is 4.58. The second-order valence-electron chi connectivity index (χ2n) is 5.21. The lowest BCUT2D eigenvalue weighted by Crippen LogP contribution is -2.20. The third kappa shape index (κ3) is 3.31. The van der Waals surface area contributed by atoms with Crippen molar-refractivity contribution in [1.29, 1.82) is 0 Å². The molecule has 1 aromatic heterocycles. The minimum Gasteiger partial charge on any atom is -0.454 e. The molecule has 0 saturated carbocycles. The first-order valence-electron chi connectivity index (χ1n) is 7.37. The monoisotopic (exact) mass is 359 g/mol. The van der Waals surface area contributed by atoms with Gasteiger partial charge in [-0.05, 0) is 29.8 Å². The third-order valence-electron chi connectivity index (χ3n) is 3.57. The number of aromatic nitrogens is 1. The summed E-state index contributed by atoms with van der Waals surface area (Å²) >= 11 is 7.45. The van der Waals surface area contributed by atoms with Gasteiger partial charge in [-0.2, -0.15) is 0 Å². The molecule has 0 spiro atoms.